The molecule has 0 saturated heterocycles. The Balaban J connectivity index is 2.20. The third kappa shape index (κ3) is 3.41. The van der Waals surface area contributed by atoms with E-state index in [1.807, 2.05) is 18.4 Å². The van der Waals surface area contributed by atoms with Crippen LogP contribution in [0.3, 0.4) is 0 Å². The van der Waals surface area contributed by atoms with Crippen LogP contribution >= 0.6 is 11.8 Å². The monoisotopic (exact) mass is 276 g/mol. The van der Waals surface area contributed by atoms with Gasteiger partial charge in [-0.3, -0.25) is 4.98 Å². The fourth-order valence-electron chi connectivity index (χ4n) is 1.44. The summed E-state index contributed by atoms with van der Waals surface area (Å²) < 4.78 is 0. The van der Waals surface area contributed by atoms with Crippen molar-refractivity contribution in [1.29, 1.82) is 0 Å². The zero-order chi connectivity index (χ0) is 13.7. The van der Waals surface area contributed by atoms with Crippen molar-refractivity contribution in [1.82, 2.24) is 15.0 Å². The summed E-state index contributed by atoms with van der Waals surface area (Å²) in [4.78, 5) is 23.1. The molecule has 0 aliphatic carbocycles. The van der Waals surface area contributed by atoms with E-state index in [0.29, 0.717) is 17.5 Å². The van der Waals surface area contributed by atoms with E-state index in [-0.39, 0.29) is 5.56 Å². The largest absolute Gasteiger partial charge is 0.477 e. The van der Waals surface area contributed by atoms with Crippen LogP contribution in [0, 0.1) is 0 Å². The molecule has 2 aromatic heterocycles. The number of hydrogen-bond donors (Lipinski definition) is 2. The number of thioether (sulfide) groups is 1. The fourth-order valence-corrected chi connectivity index (χ4v) is 1.78. The minimum Gasteiger partial charge on any atom is -0.477 e. The van der Waals surface area contributed by atoms with E-state index in [4.69, 9.17) is 5.11 Å². The van der Waals surface area contributed by atoms with Crippen LogP contribution in [0.2, 0.25) is 0 Å². The Kier molecular flexibility index (Phi) is 4.30. The summed E-state index contributed by atoms with van der Waals surface area (Å²) in [5.74, 6) is -0.728. The van der Waals surface area contributed by atoms with Gasteiger partial charge >= 0.3 is 5.97 Å². The summed E-state index contributed by atoms with van der Waals surface area (Å²) in [6.45, 7) is 0.480. The Morgan fingerprint density at radius 3 is 2.79 bits per heavy atom. The highest BCUT2D eigenvalue weighted by molar-refractivity contribution is 7.98. The lowest BCUT2D eigenvalue weighted by molar-refractivity contribution is 0.0697. The minimum absolute atomic E-state index is 0.0619. The number of nitrogens with one attached hydrogen (secondary N) is 1. The molecule has 2 N–H and O–H groups in total. The molecule has 0 atom stereocenters. The van der Waals surface area contributed by atoms with E-state index in [9.17, 15) is 4.79 Å². The number of carboxylic acid groups (broad SMARTS) is 1. The van der Waals surface area contributed by atoms with Crippen LogP contribution < -0.4 is 5.32 Å². The third-order valence-electron chi connectivity index (χ3n) is 2.39. The quantitative estimate of drug-likeness (QED) is 0.637. The van der Waals surface area contributed by atoms with Crippen molar-refractivity contribution in [2.24, 2.45) is 0 Å². The SMILES string of the molecule is CSc1ncc(C(=O)O)c(NCc2ccncc2)n1. The number of aromatic carboxylic acids is 1. The van der Waals surface area contributed by atoms with Gasteiger partial charge in [0.05, 0.1) is 0 Å². The van der Waals surface area contributed by atoms with Gasteiger partial charge in [0, 0.05) is 25.1 Å². The van der Waals surface area contributed by atoms with E-state index < -0.39 is 5.97 Å². The molecule has 0 saturated carbocycles. The number of aromatic nitrogens is 3. The second-order valence-electron chi connectivity index (χ2n) is 3.63. The molecule has 0 amide bonds. The Morgan fingerprint density at radius 1 is 1.42 bits per heavy atom. The molecule has 0 radical (unpaired) electrons. The van der Waals surface area contributed by atoms with Crippen LogP contribution in [0.4, 0.5) is 5.82 Å². The highest BCUT2D eigenvalue weighted by Gasteiger charge is 2.13. The summed E-state index contributed by atoms with van der Waals surface area (Å²) in [7, 11) is 0. The van der Waals surface area contributed by atoms with Gasteiger partial charge in [-0.25, -0.2) is 14.8 Å². The zero-order valence-corrected chi connectivity index (χ0v) is 11.0. The van der Waals surface area contributed by atoms with Gasteiger partial charge < -0.3 is 10.4 Å². The number of nitrogens with zero attached hydrogens (tertiary/aromatic N) is 3. The molecule has 0 aliphatic rings. The van der Waals surface area contributed by atoms with E-state index in [0.717, 1.165) is 5.56 Å². The maximum absolute atomic E-state index is 11.1. The van der Waals surface area contributed by atoms with Gasteiger partial charge in [-0.1, -0.05) is 11.8 Å². The molecule has 6 nitrogen and oxygen atoms in total. The van der Waals surface area contributed by atoms with Gasteiger partial charge in [-0.2, -0.15) is 0 Å². The molecule has 0 unspecified atom stereocenters. The van der Waals surface area contributed by atoms with Crippen LogP contribution in [0.25, 0.3) is 0 Å². The van der Waals surface area contributed by atoms with E-state index >= 15 is 0 Å². The lowest BCUT2D eigenvalue weighted by Gasteiger charge is -2.09. The first kappa shape index (κ1) is 13.3. The molecule has 0 aromatic carbocycles. The zero-order valence-electron chi connectivity index (χ0n) is 10.2. The standard InChI is InChI=1S/C12H12N4O2S/c1-19-12-15-7-9(11(17)18)10(16-12)14-6-8-2-4-13-5-3-8/h2-5,7H,6H2,1H3,(H,17,18)(H,14,15,16). The van der Waals surface area contributed by atoms with Crippen LogP contribution in [0.15, 0.2) is 35.9 Å². The Labute approximate surface area is 114 Å². The summed E-state index contributed by atoms with van der Waals surface area (Å²) >= 11 is 1.36. The first-order valence-corrected chi connectivity index (χ1v) is 6.70. The second-order valence-corrected chi connectivity index (χ2v) is 4.41. The van der Waals surface area contributed by atoms with Gasteiger partial charge in [-0.15, -0.1) is 0 Å². The molecule has 19 heavy (non-hydrogen) atoms. The Morgan fingerprint density at radius 2 is 2.16 bits per heavy atom. The average molecular weight is 276 g/mol. The molecule has 0 fully saturated rings. The van der Waals surface area contributed by atoms with E-state index in [1.54, 1.807) is 12.4 Å². The van der Waals surface area contributed by atoms with Crippen LogP contribution in [-0.4, -0.2) is 32.3 Å². The third-order valence-corrected chi connectivity index (χ3v) is 2.95. The molecule has 98 valence electrons. The number of carbonyl (C=O) groups is 1. The molecule has 2 aromatic rings. The number of anilines is 1. The fraction of sp³-hybridized carbons (Fsp3) is 0.167. The Bertz CT molecular complexity index is 577. The lowest BCUT2D eigenvalue weighted by atomic mass is 10.2. The maximum Gasteiger partial charge on any atom is 0.341 e. The van der Waals surface area contributed by atoms with Gasteiger partial charge in [-0.05, 0) is 24.0 Å². The van der Waals surface area contributed by atoms with Crippen LogP contribution in [0.1, 0.15) is 15.9 Å². The van der Waals surface area contributed by atoms with Crippen molar-refractivity contribution in [3.8, 4) is 0 Å². The first-order valence-electron chi connectivity index (χ1n) is 5.48. The topological polar surface area (TPSA) is 88.0 Å². The van der Waals surface area contributed by atoms with E-state index in [2.05, 4.69) is 20.3 Å². The van der Waals surface area contributed by atoms with Gasteiger partial charge in [0.2, 0.25) is 0 Å². The molecule has 0 bridgehead atoms. The molecular formula is C12H12N4O2S. The second kappa shape index (κ2) is 6.14. The summed E-state index contributed by atoms with van der Waals surface area (Å²) in [5.41, 5.74) is 1.06. The summed E-state index contributed by atoms with van der Waals surface area (Å²) in [6, 6.07) is 3.70. The molecule has 0 aliphatic heterocycles. The highest BCUT2D eigenvalue weighted by atomic mass is 32.2. The number of hydrogen-bond acceptors (Lipinski definition) is 6. The first-order chi connectivity index (χ1) is 9.20. The van der Waals surface area contributed by atoms with Crippen molar-refractivity contribution in [3.05, 3.63) is 41.9 Å². The predicted molar refractivity (Wildman–Crippen MR) is 72.3 cm³/mol. The maximum atomic E-state index is 11.1. The van der Waals surface area contributed by atoms with Crippen LogP contribution in [0.5, 0.6) is 0 Å². The molecular weight excluding hydrogens is 264 g/mol. The molecule has 2 rings (SSSR count). The van der Waals surface area contributed by atoms with E-state index in [1.165, 1.54) is 18.0 Å². The highest BCUT2D eigenvalue weighted by Crippen LogP contribution is 2.17. The van der Waals surface area contributed by atoms with Crippen LogP contribution in [-0.2, 0) is 6.54 Å². The summed E-state index contributed by atoms with van der Waals surface area (Å²) in [6.07, 6.45) is 6.52. The molecule has 7 heteroatoms. The number of rotatable bonds is 5. The van der Waals surface area contributed by atoms with Gasteiger partial charge in [0.25, 0.3) is 0 Å². The lowest BCUT2D eigenvalue weighted by Crippen LogP contribution is -2.10. The molecule has 0 spiro atoms. The Hall–Kier alpha value is -2.15. The number of pyridine rings is 1. The predicted octanol–water partition coefficient (Wildman–Crippen LogP) is 1.90. The minimum atomic E-state index is -1.05. The normalized spacial score (nSPS) is 10.2. The number of carboxylic acids is 1. The van der Waals surface area contributed by atoms with Crippen molar-refractivity contribution in [3.63, 3.8) is 0 Å². The molecule has 2 heterocycles. The van der Waals surface area contributed by atoms with Crippen molar-refractivity contribution in [2.75, 3.05) is 11.6 Å². The smallest absolute Gasteiger partial charge is 0.341 e. The average Bonchev–Trinajstić information content (AvgIpc) is 2.45. The van der Waals surface area contributed by atoms with Gasteiger partial charge in [0.1, 0.15) is 11.4 Å². The van der Waals surface area contributed by atoms with Gasteiger partial charge in [0.15, 0.2) is 5.16 Å². The summed E-state index contributed by atoms with van der Waals surface area (Å²) in [5, 5.41) is 12.6. The van der Waals surface area contributed by atoms with Crippen molar-refractivity contribution >= 4 is 23.5 Å². The van der Waals surface area contributed by atoms with Crippen molar-refractivity contribution in [2.45, 2.75) is 11.7 Å². The van der Waals surface area contributed by atoms with Crippen molar-refractivity contribution < 1.29 is 9.90 Å².